The summed E-state index contributed by atoms with van der Waals surface area (Å²) in [6.45, 7) is 0.433. The van der Waals surface area contributed by atoms with E-state index in [0.29, 0.717) is 18.8 Å². The van der Waals surface area contributed by atoms with Gasteiger partial charge in [0, 0.05) is 5.56 Å². The highest BCUT2D eigenvalue weighted by Crippen LogP contribution is 2.24. The minimum Gasteiger partial charge on any atom is -0.472 e. The zero-order chi connectivity index (χ0) is 23.0. The van der Waals surface area contributed by atoms with E-state index in [-0.39, 0.29) is 24.1 Å². The lowest BCUT2D eigenvalue weighted by atomic mass is 10.0. The number of ether oxygens (including phenoxy) is 2. The van der Waals surface area contributed by atoms with Gasteiger partial charge in [0.1, 0.15) is 12.4 Å². The monoisotopic (exact) mass is 446 g/mol. The van der Waals surface area contributed by atoms with Crippen LogP contribution in [0.2, 0.25) is 0 Å². The number of para-hydroxylation sites is 1. The van der Waals surface area contributed by atoms with Crippen molar-refractivity contribution in [2.45, 2.75) is 18.5 Å². The average molecular weight is 446 g/mol. The van der Waals surface area contributed by atoms with Crippen LogP contribution in [-0.2, 0) is 9.53 Å². The van der Waals surface area contributed by atoms with E-state index >= 15 is 0 Å². The molecule has 0 spiro atoms. The second-order valence-electron chi connectivity index (χ2n) is 7.34. The fourth-order valence-corrected chi connectivity index (χ4v) is 3.31. The molecule has 1 aromatic heterocycles. The van der Waals surface area contributed by atoms with E-state index in [9.17, 15) is 14.4 Å². The first-order chi connectivity index (χ1) is 16.1. The molecule has 168 valence electrons. The Hall–Kier alpha value is -4.33. The molecule has 2 aromatic carbocycles. The summed E-state index contributed by atoms with van der Waals surface area (Å²) in [6.07, 6.45) is 6.07. The first kappa shape index (κ1) is 21.9. The third-order valence-corrected chi connectivity index (χ3v) is 5.06. The van der Waals surface area contributed by atoms with Crippen LogP contribution in [-0.4, -0.2) is 35.6 Å². The van der Waals surface area contributed by atoms with Gasteiger partial charge in [-0.1, -0.05) is 60.7 Å². The van der Waals surface area contributed by atoms with Crippen molar-refractivity contribution >= 4 is 24.2 Å². The Morgan fingerprint density at radius 2 is 1.76 bits per heavy atom. The van der Waals surface area contributed by atoms with Crippen LogP contribution in [0.4, 0.5) is 9.59 Å². The molecule has 8 nitrogen and oxygen atoms in total. The van der Waals surface area contributed by atoms with E-state index in [2.05, 4.69) is 5.32 Å². The molecule has 33 heavy (non-hydrogen) atoms. The van der Waals surface area contributed by atoms with Gasteiger partial charge in [0.15, 0.2) is 0 Å². The van der Waals surface area contributed by atoms with Crippen molar-refractivity contribution in [3.63, 3.8) is 0 Å². The zero-order valence-corrected chi connectivity index (χ0v) is 17.6. The Morgan fingerprint density at radius 1 is 1.03 bits per heavy atom. The Morgan fingerprint density at radius 3 is 2.36 bits per heavy atom. The summed E-state index contributed by atoms with van der Waals surface area (Å²) in [7, 11) is 0. The zero-order valence-electron chi connectivity index (χ0n) is 17.6. The molecular formula is C25H22N2O6. The van der Waals surface area contributed by atoms with E-state index in [1.165, 1.54) is 0 Å². The summed E-state index contributed by atoms with van der Waals surface area (Å²) in [5.74, 6) is 0.178. The van der Waals surface area contributed by atoms with Crippen LogP contribution in [0, 0.1) is 0 Å². The van der Waals surface area contributed by atoms with Gasteiger partial charge < -0.3 is 19.2 Å². The smallest absolute Gasteiger partial charge is 0.422 e. The largest absolute Gasteiger partial charge is 0.472 e. The highest BCUT2D eigenvalue weighted by molar-refractivity contribution is 5.99. The van der Waals surface area contributed by atoms with Crippen LogP contribution in [0.25, 0.3) is 6.08 Å². The lowest BCUT2D eigenvalue weighted by Gasteiger charge is -2.35. The summed E-state index contributed by atoms with van der Waals surface area (Å²) in [5.41, 5.74) is 1.97. The predicted octanol–water partition coefficient (Wildman–Crippen LogP) is 4.56. The van der Waals surface area contributed by atoms with Crippen molar-refractivity contribution in [2.24, 2.45) is 0 Å². The fraction of sp³-hybridized carbons (Fsp3) is 0.160. The van der Waals surface area contributed by atoms with Gasteiger partial charge >= 0.3 is 12.2 Å². The van der Waals surface area contributed by atoms with Crippen molar-refractivity contribution < 1.29 is 28.3 Å². The maximum absolute atomic E-state index is 12.0. The second kappa shape index (κ2) is 10.3. The summed E-state index contributed by atoms with van der Waals surface area (Å²) in [4.78, 5) is 35.4. The Kier molecular flexibility index (Phi) is 6.84. The molecule has 1 N–H and O–H groups in total. The molecule has 0 bridgehead atoms. The molecule has 3 aromatic rings. The number of hydrogen-bond acceptors (Lipinski definition) is 6. The molecule has 8 heteroatoms. The average Bonchev–Trinajstić information content (AvgIpc) is 3.50. The molecule has 5 rings (SSSR count). The standard InChI is InChI=1S/C16H13NO4.C9H9NO2/c18-15-10-13(7-6-12-8-9-20-11-12)17(15)16(19)21-14-4-2-1-3-5-14;11-9-10-8(6-12-9)7-4-2-1-3-5-7/h1-9,11,13H,10H2;1-5,8H,6H2,(H,10,11)/b7-6+;/t13-;8-/m11/s1. The van der Waals surface area contributed by atoms with Gasteiger partial charge in [-0.2, -0.15) is 0 Å². The summed E-state index contributed by atoms with van der Waals surface area (Å²) < 4.78 is 14.9. The van der Waals surface area contributed by atoms with Crippen molar-refractivity contribution in [2.75, 3.05) is 6.61 Å². The molecule has 2 fully saturated rings. The Bertz CT molecular complexity index is 1110. The highest BCUT2D eigenvalue weighted by atomic mass is 16.6. The van der Waals surface area contributed by atoms with Crippen LogP contribution in [0.15, 0.2) is 89.7 Å². The molecule has 3 heterocycles. The molecular weight excluding hydrogens is 424 g/mol. The first-order valence-electron chi connectivity index (χ1n) is 10.4. The van der Waals surface area contributed by atoms with Gasteiger partial charge in [0.05, 0.1) is 31.0 Å². The number of carbonyl (C=O) groups excluding carboxylic acids is 3. The molecule has 0 aliphatic carbocycles. The highest BCUT2D eigenvalue weighted by Gasteiger charge is 2.40. The summed E-state index contributed by atoms with van der Waals surface area (Å²) in [5, 5.41) is 2.71. The van der Waals surface area contributed by atoms with Crippen molar-refractivity contribution in [1.29, 1.82) is 0 Å². The van der Waals surface area contributed by atoms with Crippen LogP contribution in [0.1, 0.15) is 23.6 Å². The van der Waals surface area contributed by atoms with E-state index in [1.807, 2.05) is 42.5 Å². The minimum atomic E-state index is -0.653. The molecule has 3 amide bonds. The van der Waals surface area contributed by atoms with Gasteiger partial charge in [-0.15, -0.1) is 0 Å². The number of carbonyl (C=O) groups is 3. The lowest BCUT2D eigenvalue weighted by molar-refractivity contribution is -0.139. The summed E-state index contributed by atoms with van der Waals surface area (Å²) in [6, 6.07) is 20.0. The Balaban J connectivity index is 0.000000183. The fourth-order valence-electron chi connectivity index (χ4n) is 3.31. The number of likely N-dealkylation sites (tertiary alicyclic amines) is 1. The second-order valence-corrected chi connectivity index (χ2v) is 7.34. The van der Waals surface area contributed by atoms with E-state index < -0.39 is 6.09 Å². The van der Waals surface area contributed by atoms with Crippen LogP contribution < -0.4 is 10.1 Å². The number of alkyl carbamates (subject to hydrolysis) is 1. The maximum atomic E-state index is 12.0. The lowest BCUT2D eigenvalue weighted by Crippen LogP contribution is -2.55. The number of rotatable bonds is 4. The van der Waals surface area contributed by atoms with Gasteiger partial charge in [-0.3, -0.25) is 4.79 Å². The number of nitrogens with one attached hydrogen (secondary N) is 1. The van der Waals surface area contributed by atoms with Gasteiger partial charge in [0.2, 0.25) is 5.91 Å². The number of cyclic esters (lactones) is 1. The van der Waals surface area contributed by atoms with Gasteiger partial charge in [-0.25, -0.2) is 14.5 Å². The molecule has 2 atom stereocenters. The van der Waals surface area contributed by atoms with Crippen molar-refractivity contribution in [1.82, 2.24) is 10.2 Å². The predicted molar refractivity (Wildman–Crippen MR) is 119 cm³/mol. The number of β-lactam (4-membered cyclic amide) rings is 1. The van der Waals surface area contributed by atoms with E-state index in [1.54, 1.807) is 48.9 Å². The minimum absolute atomic E-state index is 0.0266. The Labute approximate surface area is 190 Å². The van der Waals surface area contributed by atoms with Crippen LogP contribution >= 0.6 is 0 Å². The van der Waals surface area contributed by atoms with Crippen LogP contribution in [0.5, 0.6) is 5.75 Å². The SMILES string of the molecule is O=C1C[C@@H](/C=C/c2ccoc2)N1C(=O)Oc1ccccc1.O=C1N[C@@H](c2ccccc2)CO1. The third kappa shape index (κ3) is 5.68. The normalized spacial score (nSPS) is 19.2. The molecule has 0 saturated carbocycles. The van der Waals surface area contributed by atoms with Gasteiger partial charge in [0.25, 0.3) is 0 Å². The topological polar surface area (TPSA) is 98.1 Å². The van der Waals surface area contributed by atoms with E-state index in [4.69, 9.17) is 13.9 Å². The van der Waals surface area contributed by atoms with E-state index in [0.717, 1.165) is 16.0 Å². The number of benzene rings is 2. The number of nitrogens with zero attached hydrogens (tertiary/aromatic N) is 1. The number of imide groups is 1. The number of furan rings is 1. The molecule has 2 aliphatic rings. The number of amides is 3. The molecule has 2 saturated heterocycles. The third-order valence-electron chi connectivity index (χ3n) is 5.06. The van der Waals surface area contributed by atoms with Crippen molar-refractivity contribution in [3.05, 3.63) is 96.5 Å². The van der Waals surface area contributed by atoms with Crippen molar-refractivity contribution in [3.8, 4) is 5.75 Å². The van der Waals surface area contributed by atoms with Crippen LogP contribution in [0.3, 0.4) is 0 Å². The summed E-state index contributed by atoms with van der Waals surface area (Å²) >= 11 is 0. The van der Waals surface area contributed by atoms with Gasteiger partial charge in [-0.05, 0) is 23.8 Å². The quantitative estimate of drug-likeness (QED) is 0.590. The molecule has 0 radical (unpaired) electrons. The number of hydrogen-bond donors (Lipinski definition) is 1. The molecule has 0 unspecified atom stereocenters. The first-order valence-corrected chi connectivity index (χ1v) is 10.4. The molecule has 2 aliphatic heterocycles. The maximum Gasteiger partial charge on any atom is 0.422 e.